The SMILES string of the molecule is O=C(NCc1noc([C@H]2CCCO2)n1)c1cnc2c(c1)CCCC2. The van der Waals surface area contributed by atoms with Crippen molar-refractivity contribution in [3.05, 3.63) is 40.8 Å². The number of nitrogens with zero attached hydrogens (tertiary/aromatic N) is 3. The average molecular weight is 328 g/mol. The fourth-order valence-corrected chi connectivity index (χ4v) is 3.22. The molecule has 0 saturated carbocycles. The molecule has 7 nitrogen and oxygen atoms in total. The summed E-state index contributed by atoms with van der Waals surface area (Å²) < 4.78 is 10.7. The summed E-state index contributed by atoms with van der Waals surface area (Å²) in [6, 6.07) is 1.95. The maximum atomic E-state index is 12.3. The van der Waals surface area contributed by atoms with Gasteiger partial charge in [0.2, 0.25) is 0 Å². The van der Waals surface area contributed by atoms with Gasteiger partial charge in [0.05, 0.1) is 12.1 Å². The average Bonchev–Trinajstić information content (AvgIpc) is 3.30. The van der Waals surface area contributed by atoms with Crippen LogP contribution in [0.15, 0.2) is 16.8 Å². The number of hydrogen-bond donors (Lipinski definition) is 1. The normalized spacial score (nSPS) is 19.9. The minimum atomic E-state index is -0.167. The van der Waals surface area contributed by atoms with Gasteiger partial charge in [-0.15, -0.1) is 0 Å². The largest absolute Gasteiger partial charge is 0.368 e. The summed E-state index contributed by atoms with van der Waals surface area (Å²) in [6.45, 7) is 0.955. The Morgan fingerprint density at radius 3 is 3.08 bits per heavy atom. The number of carbonyl (C=O) groups is 1. The van der Waals surface area contributed by atoms with Gasteiger partial charge in [-0.3, -0.25) is 9.78 Å². The summed E-state index contributed by atoms with van der Waals surface area (Å²) in [5.74, 6) is 0.784. The molecule has 1 amide bonds. The molecule has 2 aromatic rings. The summed E-state index contributed by atoms with van der Waals surface area (Å²) in [4.78, 5) is 21.0. The van der Waals surface area contributed by atoms with Crippen molar-refractivity contribution >= 4 is 5.91 Å². The van der Waals surface area contributed by atoms with Crippen LogP contribution in [0.3, 0.4) is 0 Å². The molecule has 2 aromatic heterocycles. The van der Waals surface area contributed by atoms with Gasteiger partial charge in [0, 0.05) is 18.5 Å². The van der Waals surface area contributed by atoms with Crippen LogP contribution in [0.5, 0.6) is 0 Å². The standard InChI is InChI=1S/C17H20N4O3/c22-16(12-8-11-4-1-2-5-13(11)18-9-12)19-10-15-20-17(24-21-15)14-6-3-7-23-14/h8-9,14H,1-7,10H2,(H,19,22)/t14-/m1/s1. The van der Waals surface area contributed by atoms with E-state index in [1.165, 1.54) is 12.0 Å². The van der Waals surface area contributed by atoms with Gasteiger partial charge in [0.1, 0.15) is 6.10 Å². The van der Waals surface area contributed by atoms with Crippen LogP contribution < -0.4 is 5.32 Å². The maximum absolute atomic E-state index is 12.3. The van der Waals surface area contributed by atoms with Crippen LogP contribution in [0, 0.1) is 0 Å². The van der Waals surface area contributed by atoms with Crippen molar-refractivity contribution in [3.8, 4) is 0 Å². The summed E-state index contributed by atoms with van der Waals surface area (Å²) in [6.07, 6.45) is 7.79. The van der Waals surface area contributed by atoms with Crippen LogP contribution in [0.1, 0.15) is 65.1 Å². The second-order valence-electron chi connectivity index (χ2n) is 6.27. The molecule has 1 fully saturated rings. The first-order valence-corrected chi connectivity index (χ1v) is 8.49. The molecule has 1 saturated heterocycles. The fourth-order valence-electron chi connectivity index (χ4n) is 3.22. The summed E-state index contributed by atoms with van der Waals surface area (Å²) >= 11 is 0. The molecule has 0 unspecified atom stereocenters. The molecule has 3 heterocycles. The highest BCUT2D eigenvalue weighted by Crippen LogP contribution is 2.26. The first kappa shape index (κ1) is 15.3. The van der Waals surface area contributed by atoms with Gasteiger partial charge in [-0.25, -0.2) is 0 Å². The number of pyridine rings is 1. The molecule has 7 heteroatoms. The minimum Gasteiger partial charge on any atom is -0.368 e. The molecule has 0 aromatic carbocycles. The molecule has 0 spiro atoms. The lowest BCUT2D eigenvalue weighted by molar-refractivity contribution is 0.0835. The van der Waals surface area contributed by atoms with E-state index in [-0.39, 0.29) is 18.6 Å². The highest BCUT2D eigenvalue weighted by Gasteiger charge is 2.24. The minimum absolute atomic E-state index is 0.105. The van der Waals surface area contributed by atoms with Gasteiger partial charge in [-0.1, -0.05) is 5.16 Å². The van der Waals surface area contributed by atoms with E-state index in [9.17, 15) is 4.79 Å². The van der Waals surface area contributed by atoms with E-state index < -0.39 is 0 Å². The number of aryl methyl sites for hydroxylation is 2. The van der Waals surface area contributed by atoms with Crippen molar-refractivity contribution in [2.45, 2.75) is 51.2 Å². The first-order valence-electron chi connectivity index (χ1n) is 8.49. The molecule has 1 aliphatic heterocycles. The van der Waals surface area contributed by atoms with Crippen LogP contribution in [-0.2, 0) is 24.1 Å². The Kier molecular flexibility index (Phi) is 4.25. The Morgan fingerprint density at radius 1 is 1.29 bits per heavy atom. The molecule has 2 aliphatic rings. The lowest BCUT2D eigenvalue weighted by atomic mass is 9.95. The summed E-state index contributed by atoms with van der Waals surface area (Å²) in [5.41, 5.74) is 2.89. The predicted molar refractivity (Wildman–Crippen MR) is 84.3 cm³/mol. The van der Waals surface area contributed by atoms with Crippen molar-refractivity contribution in [3.63, 3.8) is 0 Å². The van der Waals surface area contributed by atoms with Crippen molar-refractivity contribution in [2.24, 2.45) is 0 Å². The molecular weight excluding hydrogens is 308 g/mol. The second kappa shape index (κ2) is 6.68. The van der Waals surface area contributed by atoms with Crippen LogP contribution in [-0.4, -0.2) is 27.6 Å². The molecule has 0 bridgehead atoms. The zero-order valence-electron chi connectivity index (χ0n) is 13.5. The van der Waals surface area contributed by atoms with E-state index in [1.54, 1.807) is 6.20 Å². The Bertz CT molecular complexity index is 737. The van der Waals surface area contributed by atoms with Gasteiger partial charge < -0.3 is 14.6 Å². The lowest BCUT2D eigenvalue weighted by Gasteiger charge is -2.15. The monoisotopic (exact) mass is 328 g/mol. The van der Waals surface area contributed by atoms with E-state index in [2.05, 4.69) is 20.4 Å². The second-order valence-corrected chi connectivity index (χ2v) is 6.27. The number of nitrogens with one attached hydrogen (secondary N) is 1. The molecule has 1 atom stereocenters. The number of ether oxygens (including phenoxy) is 1. The number of carbonyl (C=O) groups excluding carboxylic acids is 1. The molecule has 1 aliphatic carbocycles. The number of fused-ring (bicyclic) bond motifs is 1. The van der Waals surface area contributed by atoms with Crippen LogP contribution >= 0.6 is 0 Å². The van der Waals surface area contributed by atoms with Crippen molar-refractivity contribution in [1.29, 1.82) is 0 Å². The van der Waals surface area contributed by atoms with E-state index in [0.29, 0.717) is 17.3 Å². The highest BCUT2D eigenvalue weighted by molar-refractivity contribution is 5.94. The van der Waals surface area contributed by atoms with Gasteiger partial charge >= 0.3 is 0 Å². The van der Waals surface area contributed by atoms with Gasteiger partial charge in [0.25, 0.3) is 11.8 Å². The fraction of sp³-hybridized carbons (Fsp3) is 0.529. The third kappa shape index (κ3) is 3.17. The number of aromatic nitrogens is 3. The number of amides is 1. The van der Waals surface area contributed by atoms with Crippen LogP contribution in [0.4, 0.5) is 0 Å². The zero-order valence-corrected chi connectivity index (χ0v) is 13.5. The molecular formula is C17H20N4O3. The van der Waals surface area contributed by atoms with Gasteiger partial charge in [-0.2, -0.15) is 4.98 Å². The Morgan fingerprint density at radius 2 is 2.21 bits per heavy atom. The molecule has 126 valence electrons. The van der Waals surface area contributed by atoms with Crippen molar-refractivity contribution in [2.75, 3.05) is 6.61 Å². The lowest BCUT2D eigenvalue weighted by Crippen LogP contribution is -2.24. The smallest absolute Gasteiger partial charge is 0.255 e. The molecule has 0 radical (unpaired) electrons. The molecule has 4 rings (SSSR count). The molecule has 1 N–H and O–H groups in total. The van der Waals surface area contributed by atoms with E-state index in [1.807, 2.05) is 6.07 Å². The van der Waals surface area contributed by atoms with E-state index in [0.717, 1.165) is 44.4 Å². The first-order chi connectivity index (χ1) is 11.8. The van der Waals surface area contributed by atoms with Crippen molar-refractivity contribution < 1.29 is 14.1 Å². The summed E-state index contributed by atoms with van der Waals surface area (Å²) in [7, 11) is 0. The summed E-state index contributed by atoms with van der Waals surface area (Å²) in [5, 5.41) is 6.72. The van der Waals surface area contributed by atoms with Gasteiger partial charge in [-0.05, 0) is 50.2 Å². The molecule has 24 heavy (non-hydrogen) atoms. The number of hydrogen-bond acceptors (Lipinski definition) is 6. The Labute approximate surface area is 139 Å². The Balaban J connectivity index is 1.38. The topological polar surface area (TPSA) is 90.1 Å². The zero-order chi connectivity index (χ0) is 16.4. The van der Waals surface area contributed by atoms with Crippen LogP contribution in [0.2, 0.25) is 0 Å². The maximum Gasteiger partial charge on any atom is 0.255 e. The van der Waals surface area contributed by atoms with E-state index in [4.69, 9.17) is 9.26 Å². The van der Waals surface area contributed by atoms with Crippen LogP contribution in [0.25, 0.3) is 0 Å². The third-order valence-electron chi connectivity index (χ3n) is 4.53. The Hall–Kier alpha value is -2.28. The third-order valence-corrected chi connectivity index (χ3v) is 4.53. The quantitative estimate of drug-likeness (QED) is 0.924. The predicted octanol–water partition coefficient (Wildman–Crippen LogP) is 2.12. The van der Waals surface area contributed by atoms with E-state index >= 15 is 0 Å². The number of rotatable bonds is 4. The van der Waals surface area contributed by atoms with Crippen molar-refractivity contribution in [1.82, 2.24) is 20.4 Å². The highest BCUT2D eigenvalue weighted by atomic mass is 16.5. The van der Waals surface area contributed by atoms with Gasteiger partial charge in [0.15, 0.2) is 5.82 Å².